The van der Waals surface area contributed by atoms with E-state index in [0.717, 1.165) is 4.90 Å². The van der Waals surface area contributed by atoms with Crippen molar-refractivity contribution in [2.75, 3.05) is 5.32 Å². The Kier molecular flexibility index (Phi) is 4.71. The maximum atomic E-state index is 12.0. The number of para-hydroxylation sites is 1. The number of anilines is 1. The van der Waals surface area contributed by atoms with Gasteiger partial charge in [-0.25, -0.2) is 19.6 Å². The molecule has 1 aromatic heterocycles. The molecule has 3 rings (SSSR count). The molecule has 1 saturated heterocycles. The molecule has 25 heavy (non-hydrogen) atoms. The summed E-state index contributed by atoms with van der Waals surface area (Å²) in [5.41, 5.74) is 0.493. The molecule has 0 unspecified atom stereocenters. The molecule has 1 aliphatic heterocycles. The van der Waals surface area contributed by atoms with Crippen LogP contribution in [0.15, 0.2) is 64.6 Å². The number of benzene rings is 1. The molecule has 0 amide bonds. The fourth-order valence-corrected chi connectivity index (χ4v) is 2.85. The zero-order chi connectivity index (χ0) is 17.9. The lowest BCUT2D eigenvalue weighted by molar-refractivity contribution is -0.222. The highest BCUT2D eigenvalue weighted by Gasteiger charge is 2.38. The Morgan fingerprint density at radius 2 is 1.68 bits per heavy atom. The first-order valence-electron chi connectivity index (χ1n) is 7.42. The molecule has 2 heterocycles. The van der Waals surface area contributed by atoms with Gasteiger partial charge in [0, 0.05) is 37.3 Å². The Hall–Kier alpha value is -2.87. The predicted octanol–water partition coefficient (Wildman–Crippen LogP) is 2.76. The van der Waals surface area contributed by atoms with Gasteiger partial charge in [0.1, 0.15) is 0 Å². The van der Waals surface area contributed by atoms with Crippen LogP contribution in [0.3, 0.4) is 0 Å². The number of nitrogens with one attached hydrogen (secondary N) is 1. The molecule has 1 aromatic carbocycles. The number of hydrogen-bond acceptors (Lipinski definition) is 8. The summed E-state index contributed by atoms with van der Waals surface area (Å²) >= 11 is 1.36. The van der Waals surface area contributed by atoms with Crippen molar-refractivity contribution in [1.29, 1.82) is 0 Å². The molecule has 1 fully saturated rings. The summed E-state index contributed by atoms with van der Waals surface area (Å²) in [4.78, 5) is 33.1. The van der Waals surface area contributed by atoms with E-state index in [-0.39, 0.29) is 5.57 Å². The van der Waals surface area contributed by atoms with Crippen LogP contribution in [0.2, 0.25) is 0 Å². The second-order valence-electron chi connectivity index (χ2n) is 5.51. The van der Waals surface area contributed by atoms with Gasteiger partial charge in [0.25, 0.3) is 5.79 Å². The smallest absolute Gasteiger partial charge is 0.350 e. The van der Waals surface area contributed by atoms with Crippen LogP contribution in [0.5, 0.6) is 0 Å². The molecular formula is C17H15N3O4S. The molecule has 0 saturated carbocycles. The Morgan fingerprint density at radius 1 is 1.04 bits per heavy atom. The summed E-state index contributed by atoms with van der Waals surface area (Å²) in [6, 6.07) is 9.13. The van der Waals surface area contributed by atoms with E-state index in [2.05, 4.69) is 15.3 Å². The molecule has 2 aromatic rings. The molecular weight excluding hydrogens is 342 g/mol. The van der Waals surface area contributed by atoms with Gasteiger partial charge >= 0.3 is 11.9 Å². The quantitative estimate of drug-likeness (QED) is 0.387. The summed E-state index contributed by atoms with van der Waals surface area (Å²) < 4.78 is 10.1. The lowest BCUT2D eigenvalue weighted by Gasteiger charge is -2.29. The van der Waals surface area contributed by atoms with Gasteiger partial charge in [-0.2, -0.15) is 0 Å². The summed E-state index contributed by atoms with van der Waals surface area (Å²) in [6.45, 7) is 3.00. The number of aromatic nitrogens is 2. The highest BCUT2D eigenvalue weighted by molar-refractivity contribution is 7.99. The second-order valence-corrected chi connectivity index (χ2v) is 6.52. The number of cyclic esters (lactones) is 2. The first-order chi connectivity index (χ1) is 11.9. The first kappa shape index (κ1) is 17.0. The fraction of sp³-hybridized carbons (Fsp3) is 0.176. The molecule has 128 valence electrons. The zero-order valence-electron chi connectivity index (χ0n) is 13.6. The van der Waals surface area contributed by atoms with Crippen LogP contribution in [0.1, 0.15) is 13.8 Å². The van der Waals surface area contributed by atoms with Crippen LogP contribution >= 0.6 is 11.8 Å². The third-order valence-electron chi connectivity index (χ3n) is 3.12. The van der Waals surface area contributed by atoms with Crippen molar-refractivity contribution in [3.05, 3.63) is 54.5 Å². The Morgan fingerprint density at radius 3 is 2.36 bits per heavy atom. The number of esters is 2. The van der Waals surface area contributed by atoms with Crippen LogP contribution in [0.4, 0.5) is 5.69 Å². The number of hydrogen-bond donors (Lipinski definition) is 1. The van der Waals surface area contributed by atoms with E-state index in [1.807, 2.05) is 24.3 Å². The Bertz CT molecular complexity index is 815. The van der Waals surface area contributed by atoms with Gasteiger partial charge in [0.15, 0.2) is 10.7 Å². The van der Waals surface area contributed by atoms with E-state index in [1.54, 1.807) is 18.5 Å². The van der Waals surface area contributed by atoms with Crippen molar-refractivity contribution in [2.24, 2.45) is 0 Å². The van der Waals surface area contributed by atoms with Crippen LogP contribution in [0, 0.1) is 0 Å². The van der Waals surface area contributed by atoms with Gasteiger partial charge in [0.05, 0.1) is 5.69 Å². The van der Waals surface area contributed by atoms with Crippen molar-refractivity contribution in [1.82, 2.24) is 9.97 Å². The number of nitrogens with zero attached hydrogens (tertiary/aromatic N) is 2. The molecule has 0 spiro atoms. The van der Waals surface area contributed by atoms with E-state index < -0.39 is 17.7 Å². The van der Waals surface area contributed by atoms with Crippen molar-refractivity contribution < 1.29 is 19.1 Å². The molecule has 0 bridgehead atoms. The molecule has 0 aliphatic carbocycles. The van der Waals surface area contributed by atoms with Crippen LogP contribution in [-0.4, -0.2) is 27.7 Å². The normalized spacial score (nSPS) is 16.0. The molecule has 1 N–H and O–H groups in total. The number of carbonyl (C=O) groups is 2. The monoisotopic (exact) mass is 357 g/mol. The molecule has 0 radical (unpaired) electrons. The van der Waals surface area contributed by atoms with Crippen LogP contribution < -0.4 is 5.32 Å². The lowest BCUT2D eigenvalue weighted by Crippen LogP contribution is -2.42. The minimum atomic E-state index is -1.26. The Labute approximate surface area is 148 Å². The molecule has 0 atom stereocenters. The minimum absolute atomic E-state index is 0.199. The van der Waals surface area contributed by atoms with E-state index >= 15 is 0 Å². The zero-order valence-corrected chi connectivity index (χ0v) is 14.4. The van der Waals surface area contributed by atoms with Crippen LogP contribution in [0.25, 0.3) is 0 Å². The van der Waals surface area contributed by atoms with Crippen molar-refractivity contribution in [3.8, 4) is 0 Å². The number of ether oxygens (including phenoxy) is 2. The second kappa shape index (κ2) is 6.94. The van der Waals surface area contributed by atoms with Gasteiger partial charge in [-0.3, -0.25) is 0 Å². The lowest BCUT2D eigenvalue weighted by atomic mass is 10.2. The number of carbonyl (C=O) groups excluding carboxylic acids is 2. The number of rotatable bonds is 4. The largest absolute Gasteiger partial charge is 0.419 e. The van der Waals surface area contributed by atoms with Crippen LogP contribution in [-0.2, 0) is 19.1 Å². The fourth-order valence-electron chi connectivity index (χ4n) is 2.04. The van der Waals surface area contributed by atoms with E-state index in [0.29, 0.717) is 10.8 Å². The van der Waals surface area contributed by atoms with Gasteiger partial charge in [0.2, 0.25) is 0 Å². The van der Waals surface area contributed by atoms with Gasteiger partial charge in [-0.1, -0.05) is 12.1 Å². The Balaban J connectivity index is 1.80. The minimum Gasteiger partial charge on any atom is -0.419 e. The molecule has 8 heteroatoms. The summed E-state index contributed by atoms with van der Waals surface area (Å²) in [5, 5.41) is 3.54. The molecule has 1 aliphatic rings. The van der Waals surface area contributed by atoms with E-state index in [9.17, 15) is 9.59 Å². The SMILES string of the molecule is CC1(C)OC(=O)C(=CNc2ccccc2Sc2ncccn2)C(=O)O1. The standard InChI is InChI=1S/C17H15N3O4S/c1-17(2)23-14(21)11(15(22)24-17)10-20-12-6-3-4-7-13(12)25-16-18-8-5-9-19-16/h3-10,20H,1-2H3. The maximum Gasteiger partial charge on any atom is 0.350 e. The van der Waals surface area contributed by atoms with Crippen molar-refractivity contribution >= 4 is 29.4 Å². The maximum absolute atomic E-state index is 12.0. The highest BCUT2D eigenvalue weighted by Crippen LogP contribution is 2.31. The van der Waals surface area contributed by atoms with Gasteiger partial charge in [-0.15, -0.1) is 0 Å². The molecule has 7 nitrogen and oxygen atoms in total. The van der Waals surface area contributed by atoms with Crippen molar-refractivity contribution in [3.63, 3.8) is 0 Å². The summed E-state index contributed by atoms with van der Waals surface area (Å²) in [7, 11) is 0. The third kappa shape index (κ3) is 4.16. The van der Waals surface area contributed by atoms with Crippen molar-refractivity contribution in [2.45, 2.75) is 29.7 Å². The van der Waals surface area contributed by atoms with Gasteiger partial charge < -0.3 is 14.8 Å². The van der Waals surface area contributed by atoms with E-state index in [4.69, 9.17) is 9.47 Å². The first-order valence-corrected chi connectivity index (χ1v) is 8.23. The average molecular weight is 357 g/mol. The third-order valence-corrected chi connectivity index (χ3v) is 4.09. The topological polar surface area (TPSA) is 90.4 Å². The highest BCUT2D eigenvalue weighted by atomic mass is 32.2. The summed E-state index contributed by atoms with van der Waals surface area (Å²) in [6.07, 6.45) is 4.59. The van der Waals surface area contributed by atoms with Gasteiger partial charge in [-0.05, 0) is 30.0 Å². The van der Waals surface area contributed by atoms with E-state index in [1.165, 1.54) is 31.8 Å². The summed E-state index contributed by atoms with van der Waals surface area (Å²) in [5.74, 6) is -2.72. The average Bonchev–Trinajstić information content (AvgIpc) is 2.55. The predicted molar refractivity (Wildman–Crippen MR) is 90.6 cm³/mol.